The Hall–Kier alpha value is -2.98. The van der Waals surface area contributed by atoms with Crippen LogP contribution in [0.25, 0.3) is 11.0 Å². The third kappa shape index (κ3) is 5.82. The topological polar surface area (TPSA) is 123 Å². The molecule has 10 heteroatoms. The van der Waals surface area contributed by atoms with Crippen molar-refractivity contribution in [3.63, 3.8) is 0 Å². The number of carbonyl (C=O) groups is 1. The lowest BCUT2D eigenvalue weighted by atomic mass is 9.83. The zero-order valence-electron chi connectivity index (χ0n) is 22.9. The maximum atomic E-state index is 13.1. The van der Waals surface area contributed by atoms with Crippen molar-refractivity contribution in [2.75, 3.05) is 12.9 Å². The lowest BCUT2D eigenvalue weighted by molar-refractivity contribution is -0.137. The maximum absolute atomic E-state index is 13.1. The minimum atomic E-state index is -3.44. The summed E-state index contributed by atoms with van der Waals surface area (Å²) >= 11 is 0. The molecule has 0 spiro atoms. The first-order valence-corrected chi connectivity index (χ1v) is 15.5. The molecule has 1 fully saturated rings. The van der Waals surface area contributed by atoms with E-state index in [2.05, 4.69) is 15.0 Å². The number of aryl methyl sites for hydroxylation is 2. The molecule has 5 rings (SSSR count). The van der Waals surface area contributed by atoms with Crippen molar-refractivity contribution < 1.29 is 23.1 Å². The number of aliphatic carboxylic acids is 1. The first-order chi connectivity index (χ1) is 18.7. The Morgan fingerprint density at radius 3 is 2.69 bits per heavy atom. The molecule has 2 aliphatic carbocycles. The van der Waals surface area contributed by atoms with Gasteiger partial charge < -0.3 is 9.84 Å². The highest BCUT2D eigenvalue weighted by molar-refractivity contribution is 7.89. The number of rotatable bonds is 10. The van der Waals surface area contributed by atoms with E-state index in [0.717, 1.165) is 46.2 Å². The molecule has 1 saturated carbocycles. The van der Waals surface area contributed by atoms with Gasteiger partial charge in [0.05, 0.1) is 19.3 Å². The molecule has 0 saturated heterocycles. The summed E-state index contributed by atoms with van der Waals surface area (Å²) in [6.45, 7) is 2.00. The smallest absolute Gasteiger partial charge is 0.304 e. The van der Waals surface area contributed by atoms with Crippen molar-refractivity contribution in [2.24, 2.45) is 13.0 Å². The Morgan fingerprint density at radius 1 is 1.21 bits per heavy atom. The predicted molar refractivity (Wildman–Crippen MR) is 150 cm³/mol. The highest BCUT2D eigenvalue weighted by atomic mass is 32.2. The van der Waals surface area contributed by atoms with Gasteiger partial charge in [-0.3, -0.25) is 4.79 Å². The molecule has 0 bridgehead atoms. The van der Waals surface area contributed by atoms with Crippen LogP contribution in [0.15, 0.2) is 24.3 Å². The standard InChI is InChI=1S/C29H38N4O5S/c1-18-9-10-21(23(17-27(34)35)20-15-25-29(26(16-20)38-3)33(2)32-30-25)22-11-12-24(28(18)22)31-39(36,37)14-13-19-7-5-4-6-8-19/h9-10,15-16,19,23-24,31H,4-8,11-14,17H2,1-3H3,(H,34,35). The van der Waals surface area contributed by atoms with Gasteiger partial charge >= 0.3 is 5.97 Å². The largest absolute Gasteiger partial charge is 0.494 e. The molecule has 2 atom stereocenters. The number of nitrogens with zero attached hydrogens (tertiary/aromatic N) is 3. The normalized spacial score (nSPS) is 18.8. The van der Waals surface area contributed by atoms with Crippen LogP contribution in [0.4, 0.5) is 0 Å². The second-order valence-electron chi connectivity index (χ2n) is 11.1. The van der Waals surface area contributed by atoms with Crippen molar-refractivity contribution in [3.8, 4) is 5.75 Å². The summed E-state index contributed by atoms with van der Waals surface area (Å²) < 4.78 is 36.5. The van der Waals surface area contributed by atoms with Crippen LogP contribution < -0.4 is 9.46 Å². The minimum absolute atomic E-state index is 0.109. The Labute approximate surface area is 230 Å². The zero-order chi connectivity index (χ0) is 27.7. The van der Waals surface area contributed by atoms with Crippen LogP contribution in [0.1, 0.15) is 91.1 Å². The van der Waals surface area contributed by atoms with E-state index in [-0.39, 0.29) is 18.2 Å². The summed E-state index contributed by atoms with van der Waals surface area (Å²) in [5.41, 5.74) is 6.11. The number of sulfonamides is 1. The maximum Gasteiger partial charge on any atom is 0.304 e. The van der Waals surface area contributed by atoms with Crippen LogP contribution in [0, 0.1) is 12.8 Å². The SMILES string of the molecule is COc1cc(C(CC(=O)O)c2ccc(C)c3c2CCC3NS(=O)(=O)CCC2CCCCC2)cc2nnn(C)c12. The van der Waals surface area contributed by atoms with Gasteiger partial charge in [0.25, 0.3) is 0 Å². The lowest BCUT2D eigenvalue weighted by Gasteiger charge is -2.23. The van der Waals surface area contributed by atoms with Crippen molar-refractivity contribution in [2.45, 2.75) is 76.7 Å². The van der Waals surface area contributed by atoms with Gasteiger partial charge in [-0.15, -0.1) is 5.10 Å². The van der Waals surface area contributed by atoms with Crippen LogP contribution in [0.5, 0.6) is 5.75 Å². The summed E-state index contributed by atoms with van der Waals surface area (Å²) in [6, 6.07) is 7.42. The molecule has 39 heavy (non-hydrogen) atoms. The van der Waals surface area contributed by atoms with Crippen LogP contribution >= 0.6 is 0 Å². The Balaban J connectivity index is 1.46. The Kier molecular flexibility index (Phi) is 7.96. The number of methoxy groups -OCH3 is 1. The summed E-state index contributed by atoms with van der Waals surface area (Å²) in [6.07, 6.45) is 7.84. The van der Waals surface area contributed by atoms with Crippen LogP contribution in [0.2, 0.25) is 0 Å². The number of carboxylic acid groups (broad SMARTS) is 1. The molecule has 2 N–H and O–H groups in total. The molecule has 9 nitrogen and oxygen atoms in total. The summed E-state index contributed by atoms with van der Waals surface area (Å²) in [5, 5.41) is 18.2. The molecule has 0 aliphatic heterocycles. The molecule has 1 heterocycles. The third-order valence-electron chi connectivity index (χ3n) is 8.55. The Bertz CT molecular complexity index is 1480. The summed E-state index contributed by atoms with van der Waals surface area (Å²) in [5.74, 6) is -0.121. The van der Waals surface area contributed by atoms with Gasteiger partial charge in [-0.2, -0.15) is 0 Å². The molecule has 0 amide bonds. The molecule has 3 aromatic rings. The van der Waals surface area contributed by atoms with Gasteiger partial charge in [-0.25, -0.2) is 17.8 Å². The van der Waals surface area contributed by atoms with Gasteiger partial charge in [0.2, 0.25) is 10.0 Å². The monoisotopic (exact) mass is 554 g/mol. The van der Waals surface area contributed by atoms with Crippen LogP contribution in [-0.4, -0.2) is 47.4 Å². The van der Waals surface area contributed by atoms with E-state index in [9.17, 15) is 18.3 Å². The van der Waals surface area contributed by atoms with Crippen molar-refractivity contribution in [3.05, 3.63) is 52.1 Å². The molecule has 0 radical (unpaired) electrons. The summed E-state index contributed by atoms with van der Waals surface area (Å²) in [4.78, 5) is 12.0. The highest BCUT2D eigenvalue weighted by Gasteiger charge is 2.33. The second kappa shape index (κ2) is 11.3. The Morgan fingerprint density at radius 2 is 1.97 bits per heavy atom. The van der Waals surface area contributed by atoms with E-state index in [4.69, 9.17) is 4.74 Å². The van der Waals surface area contributed by atoms with E-state index in [1.807, 2.05) is 31.2 Å². The average molecular weight is 555 g/mol. The minimum Gasteiger partial charge on any atom is -0.494 e. The van der Waals surface area contributed by atoms with Crippen molar-refractivity contribution >= 4 is 27.0 Å². The number of aromatic nitrogens is 3. The molecular formula is C29H38N4O5S. The van der Waals surface area contributed by atoms with E-state index >= 15 is 0 Å². The number of ether oxygens (including phenoxy) is 1. The number of nitrogens with one attached hydrogen (secondary N) is 1. The fraction of sp³-hybridized carbons (Fsp3) is 0.552. The van der Waals surface area contributed by atoms with Crippen LogP contribution in [-0.2, 0) is 28.3 Å². The quantitative estimate of drug-likeness (QED) is 0.370. The number of carboxylic acids is 1. The molecule has 2 aliphatic rings. The number of benzene rings is 2. The number of fused-ring (bicyclic) bond motifs is 2. The average Bonchev–Trinajstić information content (AvgIpc) is 3.50. The molecule has 1 aromatic heterocycles. The van der Waals surface area contributed by atoms with Gasteiger partial charge in [-0.1, -0.05) is 49.5 Å². The first-order valence-electron chi connectivity index (χ1n) is 13.9. The molecule has 2 unspecified atom stereocenters. The molecule has 2 aromatic carbocycles. The van der Waals surface area contributed by atoms with E-state index < -0.39 is 21.9 Å². The predicted octanol–water partition coefficient (Wildman–Crippen LogP) is 4.77. The second-order valence-corrected chi connectivity index (χ2v) is 13.0. The first kappa shape index (κ1) is 27.6. The van der Waals surface area contributed by atoms with Gasteiger partial charge in [-0.05, 0) is 72.1 Å². The van der Waals surface area contributed by atoms with Gasteiger partial charge in [0.1, 0.15) is 16.8 Å². The number of hydrogen-bond donors (Lipinski definition) is 2. The molecule has 210 valence electrons. The lowest BCUT2D eigenvalue weighted by Crippen LogP contribution is -2.31. The van der Waals surface area contributed by atoms with Crippen LogP contribution in [0.3, 0.4) is 0 Å². The van der Waals surface area contributed by atoms with Gasteiger partial charge in [0.15, 0.2) is 0 Å². The third-order valence-corrected chi connectivity index (χ3v) is 9.96. The van der Waals surface area contributed by atoms with E-state index in [0.29, 0.717) is 36.4 Å². The fourth-order valence-electron chi connectivity index (χ4n) is 6.63. The van der Waals surface area contributed by atoms with Gasteiger partial charge in [0, 0.05) is 19.0 Å². The van der Waals surface area contributed by atoms with E-state index in [1.165, 1.54) is 19.3 Å². The highest BCUT2D eigenvalue weighted by Crippen LogP contribution is 2.43. The van der Waals surface area contributed by atoms with E-state index in [1.54, 1.807) is 18.8 Å². The molecular weight excluding hydrogens is 516 g/mol. The zero-order valence-corrected chi connectivity index (χ0v) is 23.8. The number of hydrogen-bond acceptors (Lipinski definition) is 6. The van der Waals surface area contributed by atoms with Crippen molar-refractivity contribution in [1.29, 1.82) is 0 Å². The fourth-order valence-corrected chi connectivity index (χ4v) is 8.06. The van der Waals surface area contributed by atoms with Crippen molar-refractivity contribution in [1.82, 2.24) is 19.7 Å². The summed E-state index contributed by atoms with van der Waals surface area (Å²) in [7, 11) is -0.0744.